The van der Waals surface area contributed by atoms with E-state index in [2.05, 4.69) is 46.7 Å². The van der Waals surface area contributed by atoms with Crippen LogP contribution in [0.15, 0.2) is 49.1 Å². The number of aliphatic hydroxyl groups excluding tert-OH is 1. The Morgan fingerprint density at radius 1 is 1.09 bits per heavy atom. The molecule has 0 aliphatic heterocycles. The van der Waals surface area contributed by atoms with Gasteiger partial charge >= 0.3 is 0 Å². The van der Waals surface area contributed by atoms with E-state index >= 15 is 0 Å². The van der Waals surface area contributed by atoms with Crippen molar-refractivity contribution in [3.8, 4) is 5.69 Å². The maximum atomic E-state index is 13.6. The molecule has 7 nitrogen and oxygen atoms in total. The number of hydrogen-bond donors (Lipinski definition) is 3. The van der Waals surface area contributed by atoms with E-state index in [0.717, 1.165) is 23.7 Å². The highest BCUT2D eigenvalue weighted by atomic mass is 19.1. The van der Waals surface area contributed by atoms with Crippen LogP contribution < -0.4 is 10.6 Å². The zero-order valence-electron chi connectivity index (χ0n) is 19.6. The van der Waals surface area contributed by atoms with Crippen molar-refractivity contribution in [3.63, 3.8) is 0 Å². The molecule has 0 radical (unpaired) electrons. The summed E-state index contributed by atoms with van der Waals surface area (Å²) in [5, 5.41) is 20.9. The van der Waals surface area contributed by atoms with Crippen molar-refractivity contribution in [3.05, 3.63) is 77.4 Å². The Balaban J connectivity index is 1.70. The van der Waals surface area contributed by atoms with Crippen LogP contribution in [0, 0.1) is 17.6 Å². The van der Waals surface area contributed by atoms with Crippen molar-refractivity contribution in [2.75, 3.05) is 6.54 Å². The third-order valence-corrected chi connectivity index (χ3v) is 5.35. The molecule has 1 aromatic heterocycles. The fourth-order valence-corrected chi connectivity index (χ4v) is 3.96. The van der Waals surface area contributed by atoms with Gasteiger partial charge in [0.05, 0.1) is 17.8 Å². The lowest BCUT2D eigenvalue weighted by molar-refractivity contribution is -0.120. The van der Waals surface area contributed by atoms with Crippen LogP contribution in [-0.2, 0) is 24.2 Å². The standard InChI is InChI=1S/C25H31F2N5O2/c1-16(2)6-18-4-5-24(32-15-29-14-30-32)20(7-18)12-28-13-25(34)23(31-17(3)33)10-19-8-21(26)11-22(27)9-19/h4-5,7-9,11,14-16,23,25,28,34H,6,10,12-13H2,1-3H3,(H,31,33). The minimum Gasteiger partial charge on any atom is -0.390 e. The predicted octanol–water partition coefficient (Wildman–Crippen LogP) is 2.94. The second-order valence-electron chi connectivity index (χ2n) is 8.89. The summed E-state index contributed by atoms with van der Waals surface area (Å²) in [7, 11) is 0. The summed E-state index contributed by atoms with van der Waals surface area (Å²) >= 11 is 0. The zero-order chi connectivity index (χ0) is 24.7. The molecule has 1 heterocycles. The minimum atomic E-state index is -0.983. The summed E-state index contributed by atoms with van der Waals surface area (Å²) in [5.41, 5.74) is 3.41. The Hall–Kier alpha value is -3.17. The van der Waals surface area contributed by atoms with Crippen LogP contribution in [-0.4, -0.2) is 44.5 Å². The van der Waals surface area contributed by atoms with Crippen molar-refractivity contribution >= 4 is 5.91 Å². The molecule has 1 amide bonds. The largest absolute Gasteiger partial charge is 0.390 e. The van der Waals surface area contributed by atoms with Gasteiger partial charge in [-0.15, -0.1) is 0 Å². The summed E-state index contributed by atoms with van der Waals surface area (Å²) in [6.45, 7) is 6.26. The van der Waals surface area contributed by atoms with E-state index in [1.54, 1.807) is 11.0 Å². The number of benzene rings is 2. The Labute approximate surface area is 198 Å². The topological polar surface area (TPSA) is 92.1 Å². The van der Waals surface area contributed by atoms with Crippen LogP contribution in [0.3, 0.4) is 0 Å². The van der Waals surface area contributed by atoms with Crippen LogP contribution in [0.4, 0.5) is 8.78 Å². The molecule has 0 aliphatic rings. The predicted molar refractivity (Wildman–Crippen MR) is 125 cm³/mol. The summed E-state index contributed by atoms with van der Waals surface area (Å²) < 4.78 is 28.9. The normalized spacial score (nSPS) is 13.1. The lowest BCUT2D eigenvalue weighted by Gasteiger charge is -2.24. The van der Waals surface area contributed by atoms with E-state index in [1.165, 1.54) is 30.9 Å². The Morgan fingerprint density at radius 2 is 1.82 bits per heavy atom. The molecule has 0 saturated heterocycles. The van der Waals surface area contributed by atoms with Gasteiger partial charge < -0.3 is 15.7 Å². The average Bonchev–Trinajstić information content (AvgIpc) is 3.26. The van der Waals surface area contributed by atoms with E-state index < -0.39 is 23.8 Å². The van der Waals surface area contributed by atoms with E-state index in [0.29, 0.717) is 18.0 Å². The highest BCUT2D eigenvalue weighted by molar-refractivity contribution is 5.73. The number of carbonyl (C=O) groups is 1. The lowest BCUT2D eigenvalue weighted by Crippen LogP contribution is -2.48. The molecule has 34 heavy (non-hydrogen) atoms. The maximum Gasteiger partial charge on any atom is 0.217 e. The Bertz CT molecular complexity index is 1070. The number of carbonyl (C=O) groups excluding carboxylic acids is 1. The Morgan fingerprint density at radius 3 is 2.44 bits per heavy atom. The van der Waals surface area contributed by atoms with Gasteiger partial charge in [0.25, 0.3) is 0 Å². The Kier molecular flexibility index (Phi) is 8.84. The summed E-state index contributed by atoms with van der Waals surface area (Å²) in [6.07, 6.45) is 3.13. The second kappa shape index (κ2) is 11.8. The first-order chi connectivity index (χ1) is 16.2. The van der Waals surface area contributed by atoms with Gasteiger partial charge in [0, 0.05) is 26.1 Å². The molecule has 182 valence electrons. The van der Waals surface area contributed by atoms with Crippen LogP contribution in [0.1, 0.15) is 37.5 Å². The van der Waals surface area contributed by atoms with Gasteiger partial charge in [-0.2, -0.15) is 5.10 Å². The number of halogens is 2. The lowest BCUT2D eigenvalue weighted by atomic mass is 9.99. The number of aromatic nitrogens is 3. The molecular weight excluding hydrogens is 440 g/mol. The SMILES string of the molecule is CC(=O)NC(Cc1cc(F)cc(F)c1)C(O)CNCc1cc(CC(C)C)ccc1-n1cncn1. The van der Waals surface area contributed by atoms with Crippen molar-refractivity contribution in [2.24, 2.45) is 5.92 Å². The molecule has 3 rings (SSSR count). The number of hydrogen-bond acceptors (Lipinski definition) is 5. The van der Waals surface area contributed by atoms with Crippen molar-refractivity contribution in [1.82, 2.24) is 25.4 Å². The molecule has 9 heteroatoms. The monoisotopic (exact) mass is 471 g/mol. The zero-order valence-corrected chi connectivity index (χ0v) is 19.6. The summed E-state index contributed by atoms with van der Waals surface area (Å²) in [6, 6.07) is 8.64. The average molecular weight is 472 g/mol. The van der Waals surface area contributed by atoms with E-state index in [1.807, 2.05) is 6.07 Å². The van der Waals surface area contributed by atoms with E-state index in [9.17, 15) is 18.7 Å². The quantitative estimate of drug-likeness (QED) is 0.400. The van der Waals surface area contributed by atoms with Gasteiger partial charge in [-0.05, 0) is 53.6 Å². The number of nitrogens with one attached hydrogen (secondary N) is 2. The van der Waals surface area contributed by atoms with Crippen LogP contribution in [0.5, 0.6) is 0 Å². The van der Waals surface area contributed by atoms with Crippen LogP contribution in [0.2, 0.25) is 0 Å². The molecule has 2 unspecified atom stereocenters. The minimum absolute atomic E-state index is 0.0885. The highest BCUT2D eigenvalue weighted by Gasteiger charge is 2.21. The maximum absolute atomic E-state index is 13.6. The highest BCUT2D eigenvalue weighted by Crippen LogP contribution is 2.18. The summed E-state index contributed by atoms with van der Waals surface area (Å²) in [5.74, 6) is -1.24. The molecule has 3 aromatic rings. The third-order valence-electron chi connectivity index (χ3n) is 5.35. The van der Waals surface area contributed by atoms with Gasteiger partial charge in [0.2, 0.25) is 5.91 Å². The third kappa shape index (κ3) is 7.43. The smallest absolute Gasteiger partial charge is 0.217 e. The molecular formula is C25H31F2N5O2. The molecule has 0 aliphatic carbocycles. The first-order valence-corrected chi connectivity index (χ1v) is 11.3. The summed E-state index contributed by atoms with van der Waals surface area (Å²) in [4.78, 5) is 15.7. The number of rotatable bonds is 11. The second-order valence-corrected chi connectivity index (χ2v) is 8.89. The van der Waals surface area contributed by atoms with E-state index in [4.69, 9.17) is 0 Å². The molecule has 0 fully saturated rings. The van der Waals surface area contributed by atoms with Gasteiger partial charge in [-0.1, -0.05) is 26.0 Å². The first-order valence-electron chi connectivity index (χ1n) is 11.3. The molecule has 2 aromatic carbocycles. The molecule has 0 bridgehead atoms. The number of amides is 1. The number of aliphatic hydroxyl groups is 1. The number of nitrogens with zero attached hydrogens (tertiary/aromatic N) is 3. The van der Waals surface area contributed by atoms with Gasteiger partial charge in [-0.3, -0.25) is 4.79 Å². The fourth-order valence-electron chi connectivity index (χ4n) is 3.96. The van der Waals surface area contributed by atoms with Crippen molar-refractivity contribution < 1.29 is 18.7 Å². The van der Waals surface area contributed by atoms with Gasteiger partial charge in [-0.25, -0.2) is 18.4 Å². The van der Waals surface area contributed by atoms with Gasteiger partial charge in [0.1, 0.15) is 24.3 Å². The van der Waals surface area contributed by atoms with Crippen LogP contribution in [0.25, 0.3) is 5.69 Å². The molecule has 3 N–H and O–H groups in total. The van der Waals surface area contributed by atoms with Crippen molar-refractivity contribution in [2.45, 2.75) is 52.3 Å². The van der Waals surface area contributed by atoms with Crippen molar-refractivity contribution in [1.29, 1.82) is 0 Å². The van der Waals surface area contributed by atoms with Gasteiger partial charge in [0.15, 0.2) is 0 Å². The molecule has 2 atom stereocenters. The van der Waals surface area contributed by atoms with E-state index in [-0.39, 0.29) is 18.9 Å². The fraction of sp³-hybridized carbons (Fsp3) is 0.400. The molecule has 0 spiro atoms. The first kappa shape index (κ1) is 25.5. The molecule has 0 saturated carbocycles. The van der Waals surface area contributed by atoms with Crippen LogP contribution >= 0.6 is 0 Å².